The Bertz CT molecular complexity index is 1480. The molecule has 0 atom stereocenters. The van der Waals surface area contributed by atoms with Crippen LogP contribution >= 0.6 is 0 Å². The van der Waals surface area contributed by atoms with Crippen molar-refractivity contribution in [2.24, 2.45) is 11.8 Å². The number of hydrogen-bond donors (Lipinski definition) is 0. The molecule has 0 spiro atoms. The summed E-state index contributed by atoms with van der Waals surface area (Å²) in [7, 11) is 0. The molecule has 0 unspecified atom stereocenters. The van der Waals surface area contributed by atoms with E-state index in [1.54, 1.807) is 6.07 Å². The predicted octanol–water partition coefficient (Wildman–Crippen LogP) is 13.0. The Morgan fingerprint density at radius 3 is 1.98 bits per heavy atom. The van der Waals surface area contributed by atoms with Crippen molar-refractivity contribution in [1.29, 1.82) is 0 Å². The Balaban J connectivity index is 1.14. The van der Waals surface area contributed by atoms with E-state index in [4.69, 9.17) is 4.74 Å². The molecule has 3 aromatic rings. The van der Waals surface area contributed by atoms with Gasteiger partial charge in [-0.2, -0.15) is 22.0 Å². The normalized spacial score (nSPS) is 22.5. The lowest BCUT2D eigenvalue weighted by atomic mass is 9.77. The third-order valence-corrected chi connectivity index (χ3v) is 10.1. The van der Waals surface area contributed by atoms with Gasteiger partial charge in [0.05, 0.1) is 5.92 Å². The van der Waals surface area contributed by atoms with E-state index in [0.29, 0.717) is 36.5 Å². The molecule has 8 heteroatoms. The Morgan fingerprint density at radius 1 is 0.702 bits per heavy atom. The standard InChI is InChI=1S/C39H43F7O/c1-2-3-4-5-26-6-8-27(9-7-26)28-10-12-29(13-11-28)32-17-21-35(37(41)24-32)30-14-18-33(19-15-30)39(45,46)47-34-20-16-31(36(40)25-34)22-23-38(42,43)44/h10-13,16-17,20-27,30,33H,2-9,14-15,18-19H2,1H3/b23-22+. The summed E-state index contributed by atoms with van der Waals surface area (Å²) in [6, 6.07) is 16.3. The minimum Gasteiger partial charge on any atom is -0.432 e. The van der Waals surface area contributed by atoms with Gasteiger partial charge >= 0.3 is 12.3 Å². The Labute approximate surface area is 273 Å². The maximum atomic E-state index is 15.4. The van der Waals surface area contributed by atoms with Crippen LogP contribution in [0.15, 0.2) is 66.7 Å². The fourth-order valence-corrected chi connectivity index (χ4v) is 7.32. The van der Waals surface area contributed by atoms with Crippen LogP contribution in [-0.4, -0.2) is 12.3 Å². The van der Waals surface area contributed by atoms with E-state index >= 15 is 13.2 Å². The molecule has 0 aromatic heterocycles. The molecule has 0 saturated heterocycles. The molecule has 0 N–H and O–H groups in total. The van der Waals surface area contributed by atoms with Crippen molar-refractivity contribution in [3.05, 3.63) is 95.1 Å². The van der Waals surface area contributed by atoms with Gasteiger partial charge in [-0.15, -0.1) is 0 Å². The van der Waals surface area contributed by atoms with Crippen molar-refractivity contribution >= 4 is 6.08 Å². The first-order chi connectivity index (χ1) is 22.4. The third kappa shape index (κ3) is 9.41. The molecule has 0 heterocycles. The van der Waals surface area contributed by atoms with Crippen LogP contribution in [0.1, 0.15) is 112 Å². The highest BCUT2D eigenvalue weighted by Gasteiger charge is 2.44. The van der Waals surface area contributed by atoms with E-state index in [1.165, 1.54) is 63.0 Å². The largest absolute Gasteiger partial charge is 0.432 e. The summed E-state index contributed by atoms with van der Waals surface area (Å²) in [6.07, 6.45) is 3.27. The Morgan fingerprint density at radius 2 is 1.36 bits per heavy atom. The first kappa shape index (κ1) is 35.0. The SMILES string of the molecule is CCCCCC1CCC(c2ccc(-c3ccc(C4CCC(C(F)(F)Oc5ccc(/C=C/C(F)(F)F)c(F)c5)CC4)c(F)c3)cc2)CC1. The lowest BCUT2D eigenvalue weighted by Gasteiger charge is -2.33. The van der Waals surface area contributed by atoms with Crippen LogP contribution in [0, 0.1) is 23.5 Å². The summed E-state index contributed by atoms with van der Waals surface area (Å²) in [5, 5.41) is 0. The first-order valence-corrected chi connectivity index (χ1v) is 16.9. The second-order valence-corrected chi connectivity index (χ2v) is 13.3. The maximum Gasteiger partial charge on any atom is 0.409 e. The number of allylic oxidation sites excluding steroid dienone is 1. The summed E-state index contributed by atoms with van der Waals surface area (Å²) in [6.45, 7) is 2.24. The highest BCUT2D eigenvalue weighted by atomic mass is 19.4. The highest BCUT2D eigenvalue weighted by molar-refractivity contribution is 5.64. The first-order valence-electron chi connectivity index (χ1n) is 16.9. The van der Waals surface area contributed by atoms with Crippen LogP contribution < -0.4 is 4.74 Å². The lowest BCUT2D eigenvalue weighted by Crippen LogP contribution is -2.37. The predicted molar refractivity (Wildman–Crippen MR) is 172 cm³/mol. The van der Waals surface area contributed by atoms with E-state index in [9.17, 15) is 17.6 Å². The molecule has 2 aliphatic rings. The van der Waals surface area contributed by atoms with E-state index in [-0.39, 0.29) is 30.7 Å². The van der Waals surface area contributed by atoms with E-state index in [2.05, 4.69) is 31.2 Å². The van der Waals surface area contributed by atoms with Gasteiger partial charge in [0.1, 0.15) is 17.4 Å². The molecule has 2 saturated carbocycles. The molecular weight excluding hydrogens is 617 g/mol. The van der Waals surface area contributed by atoms with Crippen LogP contribution in [0.25, 0.3) is 17.2 Å². The van der Waals surface area contributed by atoms with Gasteiger partial charge in [0.2, 0.25) is 0 Å². The van der Waals surface area contributed by atoms with Crippen molar-refractivity contribution in [2.45, 2.75) is 108 Å². The van der Waals surface area contributed by atoms with Gasteiger partial charge in [0.15, 0.2) is 0 Å². The molecule has 0 amide bonds. The fourth-order valence-electron chi connectivity index (χ4n) is 7.32. The van der Waals surface area contributed by atoms with E-state index < -0.39 is 35.3 Å². The molecule has 1 nitrogen and oxygen atoms in total. The molecule has 0 bridgehead atoms. The minimum absolute atomic E-state index is 0.0792. The monoisotopic (exact) mass is 660 g/mol. The number of unbranched alkanes of at least 4 members (excludes halogenated alkanes) is 2. The molecule has 2 fully saturated rings. The quantitative estimate of drug-likeness (QED) is 0.147. The summed E-state index contributed by atoms with van der Waals surface area (Å²) < 4.78 is 102. The van der Waals surface area contributed by atoms with Gasteiger partial charge in [0.25, 0.3) is 0 Å². The Hall–Kier alpha value is -3.29. The van der Waals surface area contributed by atoms with Crippen LogP contribution in [0.5, 0.6) is 5.75 Å². The fraction of sp³-hybridized carbons (Fsp3) is 0.487. The van der Waals surface area contributed by atoms with Gasteiger partial charge < -0.3 is 4.74 Å². The second-order valence-electron chi connectivity index (χ2n) is 13.3. The molecule has 47 heavy (non-hydrogen) atoms. The van der Waals surface area contributed by atoms with Gasteiger partial charge in [-0.3, -0.25) is 0 Å². The molecule has 3 aromatic carbocycles. The second kappa shape index (κ2) is 15.3. The molecule has 5 rings (SSSR count). The van der Waals surface area contributed by atoms with Crippen molar-refractivity contribution in [1.82, 2.24) is 0 Å². The zero-order valence-electron chi connectivity index (χ0n) is 26.8. The van der Waals surface area contributed by atoms with Gasteiger partial charge in [0, 0.05) is 17.7 Å². The van der Waals surface area contributed by atoms with Crippen molar-refractivity contribution in [2.75, 3.05) is 0 Å². The summed E-state index contributed by atoms with van der Waals surface area (Å²) in [5.74, 6) is -1.87. The van der Waals surface area contributed by atoms with Crippen LogP contribution in [0.3, 0.4) is 0 Å². The molecular formula is C39H43F7O. The zero-order valence-corrected chi connectivity index (χ0v) is 26.8. The summed E-state index contributed by atoms with van der Waals surface area (Å²) in [5.41, 5.74) is 3.17. The highest BCUT2D eigenvalue weighted by Crippen LogP contribution is 2.44. The van der Waals surface area contributed by atoms with Crippen molar-refractivity contribution in [3.8, 4) is 16.9 Å². The molecule has 2 aliphatic carbocycles. The molecule has 0 aliphatic heterocycles. The summed E-state index contributed by atoms with van der Waals surface area (Å²) in [4.78, 5) is 0. The van der Waals surface area contributed by atoms with Gasteiger partial charge in [-0.25, -0.2) is 8.78 Å². The lowest BCUT2D eigenvalue weighted by molar-refractivity contribution is -0.222. The maximum absolute atomic E-state index is 15.4. The smallest absolute Gasteiger partial charge is 0.409 e. The summed E-state index contributed by atoms with van der Waals surface area (Å²) >= 11 is 0. The molecule has 254 valence electrons. The number of benzene rings is 3. The van der Waals surface area contributed by atoms with E-state index in [1.807, 2.05) is 6.07 Å². The van der Waals surface area contributed by atoms with Gasteiger partial charge in [-0.05, 0) is 116 Å². The molecule has 0 radical (unpaired) electrons. The number of ether oxygens (including phenoxy) is 1. The van der Waals surface area contributed by atoms with E-state index in [0.717, 1.165) is 29.2 Å². The number of hydrogen-bond acceptors (Lipinski definition) is 1. The van der Waals surface area contributed by atoms with Crippen LogP contribution in [0.4, 0.5) is 30.7 Å². The van der Waals surface area contributed by atoms with Crippen molar-refractivity contribution in [3.63, 3.8) is 0 Å². The number of rotatable bonds is 11. The van der Waals surface area contributed by atoms with Crippen LogP contribution in [0.2, 0.25) is 0 Å². The third-order valence-electron chi connectivity index (χ3n) is 10.1. The van der Waals surface area contributed by atoms with Crippen molar-refractivity contribution < 1.29 is 35.5 Å². The van der Waals surface area contributed by atoms with Crippen LogP contribution in [-0.2, 0) is 0 Å². The average Bonchev–Trinajstić information content (AvgIpc) is 3.04. The Kier molecular flexibility index (Phi) is 11.4. The topological polar surface area (TPSA) is 9.23 Å². The number of halogens is 7. The zero-order chi connectivity index (χ0) is 33.6. The number of alkyl halides is 5. The van der Waals surface area contributed by atoms with Gasteiger partial charge in [-0.1, -0.05) is 69.0 Å². The minimum atomic E-state index is -4.63. The average molecular weight is 661 g/mol.